The van der Waals surface area contributed by atoms with Gasteiger partial charge in [0, 0.05) is 13.1 Å². The van der Waals surface area contributed by atoms with Gasteiger partial charge in [-0.1, -0.05) is 74.7 Å². The lowest BCUT2D eigenvalue weighted by Crippen LogP contribution is -2.36. The highest BCUT2D eigenvalue weighted by atomic mass is 16.5. The molecule has 0 amide bonds. The Kier molecular flexibility index (Phi) is 17.5. The fourth-order valence-corrected chi connectivity index (χ4v) is 5.28. The molecule has 2 saturated heterocycles. The summed E-state index contributed by atoms with van der Waals surface area (Å²) in [6.45, 7) is 24.3. The van der Waals surface area contributed by atoms with Crippen molar-refractivity contribution in [2.45, 2.75) is 126 Å². The van der Waals surface area contributed by atoms with Crippen molar-refractivity contribution >= 4 is 11.9 Å². The molecule has 39 heavy (non-hydrogen) atoms. The molecule has 0 atom stereocenters. The summed E-state index contributed by atoms with van der Waals surface area (Å²) < 4.78 is 10.8. The number of ether oxygens (including phenoxy) is 2. The third-order valence-electron chi connectivity index (χ3n) is 8.13. The summed E-state index contributed by atoms with van der Waals surface area (Å²) in [6, 6.07) is 0. The normalized spacial score (nSPS) is 18.4. The molecule has 2 rings (SSSR count). The number of rotatable bonds is 14. The molecular formula is C33H64N2O4. The maximum absolute atomic E-state index is 12.0. The molecule has 2 aliphatic rings. The second kappa shape index (κ2) is 19.1. The zero-order valence-corrected chi connectivity index (χ0v) is 27.1. The summed E-state index contributed by atoms with van der Waals surface area (Å²) >= 11 is 0. The first kappa shape index (κ1) is 35.9. The Bertz CT molecular complexity index is 596. The van der Waals surface area contributed by atoms with Crippen LogP contribution in [0.5, 0.6) is 0 Å². The lowest BCUT2D eigenvalue weighted by atomic mass is 9.87. The first-order valence-electron chi connectivity index (χ1n) is 16.2. The van der Waals surface area contributed by atoms with Gasteiger partial charge in [-0.25, -0.2) is 0 Å². The van der Waals surface area contributed by atoms with Crippen LogP contribution in [0.15, 0.2) is 0 Å². The number of likely N-dealkylation sites (tertiary alicyclic amines) is 2. The van der Waals surface area contributed by atoms with E-state index in [1.807, 2.05) is 13.8 Å². The molecule has 6 heteroatoms. The average molecular weight is 553 g/mol. The van der Waals surface area contributed by atoms with Crippen LogP contribution in [0.1, 0.15) is 126 Å². The highest BCUT2D eigenvalue weighted by Crippen LogP contribution is 2.27. The van der Waals surface area contributed by atoms with Gasteiger partial charge in [-0.15, -0.1) is 0 Å². The van der Waals surface area contributed by atoms with Gasteiger partial charge >= 0.3 is 11.9 Å². The minimum atomic E-state index is -0.0477. The molecule has 230 valence electrons. The third kappa shape index (κ3) is 18.8. The van der Waals surface area contributed by atoms with E-state index >= 15 is 0 Å². The number of hydrogen-bond acceptors (Lipinski definition) is 6. The van der Waals surface area contributed by atoms with Crippen LogP contribution < -0.4 is 0 Å². The third-order valence-corrected chi connectivity index (χ3v) is 8.13. The summed E-state index contributed by atoms with van der Waals surface area (Å²) in [5.74, 6) is 1.60. The molecule has 0 aliphatic carbocycles. The molecule has 0 spiro atoms. The zero-order chi connectivity index (χ0) is 29.3. The Labute approximate surface area is 241 Å². The number of nitrogens with zero attached hydrogens (tertiary/aromatic N) is 2. The molecule has 0 N–H and O–H groups in total. The van der Waals surface area contributed by atoms with Gasteiger partial charge in [-0.2, -0.15) is 0 Å². The molecule has 0 unspecified atom stereocenters. The van der Waals surface area contributed by atoms with E-state index in [2.05, 4.69) is 51.3 Å². The van der Waals surface area contributed by atoms with E-state index in [1.165, 1.54) is 44.9 Å². The predicted octanol–water partition coefficient (Wildman–Crippen LogP) is 7.35. The van der Waals surface area contributed by atoms with Crippen LogP contribution in [0.25, 0.3) is 0 Å². The highest BCUT2D eigenvalue weighted by Gasteiger charge is 2.23. The molecule has 0 aromatic carbocycles. The van der Waals surface area contributed by atoms with Crippen LogP contribution in [0.4, 0.5) is 0 Å². The topological polar surface area (TPSA) is 59.1 Å². The van der Waals surface area contributed by atoms with Gasteiger partial charge in [0.2, 0.25) is 0 Å². The van der Waals surface area contributed by atoms with Gasteiger partial charge in [0.15, 0.2) is 0 Å². The second-order valence-corrected chi connectivity index (χ2v) is 14.1. The molecule has 2 aliphatic heterocycles. The van der Waals surface area contributed by atoms with Gasteiger partial charge in [-0.3, -0.25) is 9.59 Å². The van der Waals surface area contributed by atoms with E-state index < -0.39 is 0 Å². The number of piperidine rings is 2. The zero-order valence-electron chi connectivity index (χ0n) is 27.1. The SMILES string of the molecule is CC.CC(C)(C)CCOC(=O)CCN1CCC(CCCC2CCN(CCC(=O)OCCC(C)(C)C)CC2)CC1. The van der Waals surface area contributed by atoms with E-state index in [-0.39, 0.29) is 22.8 Å². The number of carbonyl (C=O) groups is 2. The fourth-order valence-electron chi connectivity index (χ4n) is 5.28. The molecular weight excluding hydrogens is 488 g/mol. The van der Waals surface area contributed by atoms with Crippen LogP contribution in [-0.2, 0) is 19.1 Å². The number of carbonyl (C=O) groups excluding carboxylic acids is 2. The summed E-state index contributed by atoms with van der Waals surface area (Å²) in [5.41, 5.74) is 0.421. The smallest absolute Gasteiger partial charge is 0.307 e. The maximum Gasteiger partial charge on any atom is 0.307 e. The summed E-state index contributed by atoms with van der Waals surface area (Å²) in [7, 11) is 0. The molecule has 6 nitrogen and oxygen atoms in total. The molecule has 0 aromatic rings. The summed E-state index contributed by atoms with van der Waals surface area (Å²) in [4.78, 5) is 28.9. The second-order valence-electron chi connectivity index (χ2n) is 14.1. The Morgan fingerprint density at radius 1 is 0.641 bits per heavy atom. The van der Waals surface area contributed by atoms with Gasteiger partial charge in [0.05, 0.1) is 26.1 Å². The van der Waals surface area contributed by atoms with Crippen molar-refractivity contribution in [3.05, 3.63) is 0 Å². The van der Waals surface area contributed by atoms with Crippen LogP contribution in [0.2, 0.25) is 0 Å². The van der Waals surface area contributed by atoms with E-state index in [9.17, 15) is 9.59 Å². The summed E-state index contributed by atoms with van der Waals surface area (Å²) in [5, 5.41) is 0. The quantitative estimate of drug-likeness (QED) is 0.210. The largest absolute Gasteiger partial charge is 0.466 e. The van der Waals surface area contributed by atoms with Crippen molar-refractivity contribution in [3.8, 4) is 0 Å². The Morgan fingerprint density at radius 2 is 0.974 bits per heavy atom. The fraction of sp³-hybridized carbons (Fsp3) is 0.939. The van der Waals surface area contributed by atoms with Crippen molar-refractivity contribution in [1.82, 2.24) is 9.80 Å². The highest BCUT2D eigenvalue weighted by molar-refractivity contribution is 5.69. The Balaban J connectivity index is 0.00000371. The lowest BCUT2D eigenvalue weighted by molar-refractivity contribution is -0.145. The van der Waals surface area contributed by atoms with Crippen LogP contribution >= 0.6 is 0 Å². The summed E-state index contributed by atoms with van der Waals surface area (Å²) in [6.07, 6.45) is 12.0. The van der Waals surface area contributed by atoms with E-state index in [0.29, 0.717) is 26.1 Å². The van der Waals surface area contributed by atoms with Gasteiger partial charge < -0.3 is 19.3 Å². The first-order valence-corrected chi connectivity index (χ1v) is 16.2. The van der Waals surface area contributed by atoms with Crippen molar-refractivity contribution in [2.24, 2.45) is 22.7 Å². The molecule has 2 heterocycles. The van der Waals surface area contributed by atoms with Crippen molar-refractivity contribution in [1.29, 1.82) is 0 Å². The van der Waals surface area contributed by atoms with E-state index in [4.69, 9.17) is 9.47 Å². The average Bonchev–Trinajstić information content (AvgIpc) is 2.87. The molecule has 0 bridgehead atoms. The van der Waals surface area contributed by atoms with Crippen molar-refractivity contribution < 1.29 is 19.1 Å². The van der Waals surface area contributed by atoms with Crippen LogP contribution in [-0.4, -0.2) is 74.2 Å². The minimum absolute atomic E-state index is 0.0477. The van der Waals surface area contributed by atoms with Gasteiger partial charge in [0.1, 0.15) is 0 Å². The van der Waals surface area contributed by atoms with Gasteiger partial charge in [0.25, 0.3) is 0 Å². The van der Waals surface area contributed by atoms with E-state index in [0.717, 1.165) is 63.9 Å². The van der Waals surface area contributed by atoms with Crippen molar-refractivity contribution in [3.63, 3.8) is 0 Å². The lowest BCUT2D eigenvalue weighted by Gasteiger charge is -2.33. The number of hydrogen-bond donors (Lipinski definition) is 0. The first-order chi connectivity index (χ1) is 18.4. The molecule has 0 radical (unpaired) electrons. The molecule has 2 fully saturated rings. The standard InChI is InChI=1S/C31H58N2O4.C2H6/c1-30(2,3)16-24-36-28(34)14-22-32-18-10-26(11-19-32)8-7-9-27-12-20-33(21-13-27)23-15-29(35)37-25-17-31(4,5)6;1-2/h26-27H,7-25H2,1-6H3;1-2H3. The Hall–Kier alpha value is -1.14. The van der Waals surface area contributed by atoms with Crippen molar-refractivity contribution in [2.75, 3.05) is 52.5 Å². The molecule has 0 aromatic heterocycles. The Morgan fingerprint density at radius 3 is 1.28 bits per heavy atom. The van der Waals surface area contributed by atoms with Gasteiger partial charge in [-0.05, 0) is 87.4 Å². The predicted molar refractivity (Wildman–Crippen MR) is 163 cm³/mol. The number of esters is 2. The minimum Gasteiger partial charge on any atom is -0.466 e. The monoisotopic (exact) mass is 552 g/mol. The maximum atomic E-state index is 12.0. The van der Waals surface area contributed by atoms with Crippen LogP contribution in [0, 0.1) is 22.7 Å². The molecule has 0 saturated carbocycles. The van der Waals surface area contributed by atoms with E-state index in [1.54, 1.807) is 0 Å². The van der Waals surface area contributed by atoms with Crippen LogP contribution in [0.3, 0.4) is 0 Å².